The molecule has 1 aliphatic heterocycles. The summed E-state index contributed by atoms with van der Waals surface area (Å²) in [5.74, 6) is 0.826. The number of hydrogen-bond acceptors (Lipinski definition) is 5. The second-order valence-corrected chi connectivity index (χ2v) is 6.19. The minimum absolute atomic E-state index is 0.0421. The molecule has 4 rings (SSSR count). The molecule has 0 saturated carbocycles. The molecule has 1 fully saturated rings. The Labute approximate surface area is 151 Å². The highest BCUT2D eigenvalue weighted by Crippen LogP contribution is 2.27. The summed E-state index contributed by atoms with van der Waals surface area (Å²) in [6.45, 7) is 4.30. The van der Waals surface area contributed by atoms with Crippen LogP contribution in [0.5, 0.6) is 0 Å². The first-order valence-electron chi connectivity index (χ1n) is 8.60. The van der Waals surface area contributed by atoms with Crippen LogP contribution >= 0.6 is 0 Å². The Hall–Kier alpha value is -2.99. The van der Waals surface area contributed by atoms with Crippen LogP contribution in [0.1, 0.15) is 15.9 Å². The Morgan fingerprint density at radius 3 is 2.46 bits per heavy atom. The van der Waals surface area contributed by atoms with E-state index in [0.717, 1.165) is 11.1 Å². The summed E-state index contributed by atoms with van der Waals surface area (Å²) in [4.78, 5) is 19.2. The van der Waals surface area contributed by atoms with E-state index in [1.165, 1.54) is 0 Å². The van der Waals surface area contributed by atoms with Crippen LogP contribution in [-0.4, -0.2) is 47.3 Å². The van der Waals surface area contributed by atoms with Crippen LogP contribution in [0.25, 0.3) is 22.8 Å². The van der Waals surface area contributed by atoms with E-state index < -0.39 is 0 Å². The molecule has 0 bridgehead atoms. The number of hydrogen-bond donors (Lipinski definition) is 0. The van der Waals surface area contributed by atoms with Crippen molar-refractivity contribution >= 4 is 5.91 Å². The molecular weight excluding hydrogens is 330 g/mol. The van der Waals surface area contributed by atoms with Crippen LogP contribution < -0.4 is 0 Å². The fourth-order valence-corrected chi connectivity index (χ4v) is 3.06. The molecule has 132 valence electrons. The van der Waals surface area contributed by atoms with E-state index >= 15 is 0 Å². The molecule has 1 saturated heterocycles. The van der Waals surface area contributed by atoms with Crippen molar-refractivity contribution in [2.24, 2.45) is 0 Å². The first kappa shape index (κ1) is 16.5. The molecule has 3 aromatic rings. The zero-order valence-electron chi connectivity index (χ0n) is 14.5. The molecule has 1 aromatic heterocycles. The number of rotatable bonds is 3. The Morgan fingerprint density at radius 1 is 1.00 bits per heavy atom. The van der Waals surface area contributed by atoms with E-state index in [-0.39, 0.29) is 5.91 Å². The summed E-state index contributed by atoms with van der Waals surface area (Å²) in [6, 6.07) is 15.2. The van der Waals surface area contributed by atoms with Crippen LogP contribution in [-0.2, 0) is 4.74 Å². The van der Waals surface area contributed by atoms with Crippen molar-refractivity contribution in [2.75, 3.05) is 26.3 Å². The fraction of sp³-hybridized carbons (Fsp3) is 0.250. The monoisotopic (exact) mass is 349 g/mol. The summed E-state index contributed by atoms with van der Waals surface area (Å²) in [5, 5.41) is 4.11. The number of benzene rings is 2. The Kier molecular flexibility index (Phi) is 4.50. The number of ether oxygens (including phenoxy) is 1. The SMILES string of the molecule is Cc1ccccc1-c1noc(-c2ccccc2C(=O)N2CCOCC2)n1. The van der Waals surface area contributed by atoms with Gasteiger partial charge in [-0.05, 0) is 24.6 Å². The van der Waals surface area contributed by atoms with Gasteiger partial charge in [0, 0.05) is 18.7 Å². The summed E-state index contributed by atoms with van der Waals surface area (Å²) in [6.07, 6.45) is 0. The summed E-state index contributed by atoms with van der Waals surface area (Å²) < 4.78 is 10.8. The van der Waals surface area contributed by atoms with Crippen LogP contribution in [0.2, 0.25) is 0 Å². The third kappa shape index (κ3) is 3.11. The quantitative estimate of drug-likeness (QED) is 0.726. The van der Waals surface area contributed by atoms with Gasteiger partial charge < -0.3 is 14.2 Å². The number of morpholine rings is 1. The summed E-state index contributed by atoms with van der Waals surface area (Å²) in [5.41, 5.74) is 3.20. The fourth-order valence-electron chi connectivity index (χ4n) is 3.06. The van der Waals surface area contributed by atoms with E-state index in [0.29, 0.717) is 49.1 Å². The number of aromatic nitrogens is 2. The van der Waals surface area contributed by atoms with Crippen LogP contribution in [0.15, 0.2) is 53.1 Å². The first-order chi connectivity index (χ1) is 12.7. The maximum absolute atomic E-state index is 12.9. The van der Waals surface area contributed by atoms with Crippen LogP contribution in [0.4, 0.5) is 0 Å². The third-order valence-electron chi connectivity index (χ3n) is 4.50. The number of nitrogens with zero attached hydrogens (tertiary/aromatic N) is 3. The molecular formula is C20H19N3O3. The second kappa shape index (κ2) is 7.09. The van der Waals surface area contributed by atoms with E-state index in [4.69, 9.17) is 9.26 Å². The Bertz CT molecular complexity index is 929. The van der Waals surface area contributed by atoms with Gasteiger partial charge in [0.05, 0.1) is 24.3 Å². The van der Waals surface area contributed by atoms with Gasteiger partial charge in [-0.1, -0.05) is 41.6 Å². The number of carbonyl (C=O) groups excluding carboxylic acids is 1. The first-order valence-corrected chi connectivity index (χ1v) is 8.60. The van der Waals surface area contributed by atoms with Crippen molar-refractivity contribution in [3.05, 3.63) is 59.7 Å². The predicted octanol–water partition coefficient (Wildman–Crippen LogP) is 3.18. The molecule has 0 radical (unpaired) electrons. The van der Waals surface area contributed by atoms with E-state index in [1.54, 1.807) is 11.0 Å². The lowest BCUT2D eigenvalue weighted by molar-refractivity contribution is 0.0303. The zero-order valence-corrected chi connectivity index (χ0v) is 14.5. The Balaban J connectivity index is 1.69. The number of amides is 1. The molecule has 0 spiro atoms. The lowest BCUT2D eigenvalue weighted by Gasteiger charge is -2.27. The molecule has 0 unspecified atom stereocenters. The van der Waals surface area contributed by atoms with Crippen molar-refractivity contribution < 1.29 is 14.1 Å². The average molecular weight is 349 g/mol. The van der Waals surface area contributed by atoms with Gasteiger partial charge >= 0.3 is 0 Å². The third-order valence-corrected chi connectivity index (χ3v) is 4.50. The van der Waals surface area contributed by atoms with Gasteiger partial charge in [-0.3, -0.25) is 4.79 Å². The lowest BCUT2D eigenvalue weighted by Crippen LogP contribution is -2.40. The normalized spacial score (nSPS) is 14.4. The van der Waals surface area contributed by atoms with Crippen LogP contribution in [0.3, 0.4) is 0 Å². The summed E-state index contributed by atoms with van der Waals surface area (Å²) >= 11 is 0. The van der Waals surface area contributed by atoms with Gasteiger partial charge in [0.25, 0.3) is 11.8 Å². The molecule has 6 nitrogen and oxygen atoms in total. The standard InChI is InChI=1S/C20H19N3O3/c1-14-6-2-3-7-15(14)18-21-19(26-22-18)16-8-4-5-9-17(16)20(24)23-10-12-25-13-11-23/h2-9H,10-13H2,1H3. The molecule has 6 heteroatoms. The molecule has 1 amide bonds. The molecule has 0 N–H and O–H groups in total. The highest BCUT2D eigenvalue weighted by molar-refractivity contribution is 6.00. The topological polar surface area (TPSA) is 68.5 Å². The van der Waals surface area contributed by atoms with Gasteiger partial charge in [0.15, 0.2) is 0 Å². The summed E-state index contributed by atoms with van der Waals surface area (Å²) in [7, 11) is 0. The lowest BCUT2D eigenvalue weighted by atomic mass is 10.1. The predicted molar refractivity (Wildman–Crippen MR) is 96.6 cm³/mol. The van der Waals surface area contributed by atoms with Gasteiger partial charge in [-0.25, -0.2) is 0 Å². The highest BCUT2D eigenvalue weighted by atomic mass is 16.5. The van der Waals surface area contributed by atoms with Gasteiger partial charge in [0.1, 0.15) is 0 Å². The van der Waals surface area contributed by atoms with Crippen molar-refractivity contribution in [1.82, 2.24) is 15.0 Å². The minimum Gasteiger partial charge on any atom is -0.378 e. The molecule has 0 aliphatic carbocycles. The smallest absolute Gasteiger partial charge is 0.259 e. The zero-order chi connectivity index (χ0) is 17.9. The van der Waals surface area contributed by atoms with Crippen molar-refractivity contribution in [1.29, 1.82) is 0 Å². The van der Waals surface area contributed by atoms with Crippen LogP contribution in [0, 0.1) is 6.92 Å². The van der Waals surface area contributed by atoms with Crippen molar-refractivity contribution in [3.63, 3.8) is 0 Å². The number of carbonyl (C=O) groups is 1. The maximum atomic E-state index is 12.9. The molecule has 26 heavy (non-hydrogen) atoms. The number of aryl methyl sites for hydroxylation is 1. The average Bonchev–Trinajstić information content (AvgIpc) is 3.18. The molecule has 2 aromatic carbocycles. The maximum Gasteiger partial charge on any atom is 0.259 e. The van der Waals surface area contributed by atoms with Gasteiger partial charge in [-0.2, -0.15) is 4.98 Å². The van der Waals surface area contributed by atoms with Gasteiger partial charge in [-0.15, -0.1) is 0 Å². The van der Waals surface area contributed by atoms with E-state index in [9.17, 15) is 4.79 Å². The van der Waals surface area contributed by atoms with E-state index in [1.807, 2.05) is 49.4 Å². The van der Waals surface area contributed by atoms with E-state index in [2.05, 4.69) is 10.1 Å². The van der Waals surface area contributed by atoms with Crippen molar-refractivity contribution in [3.8, 4) is 22.8 Å². The largest absolute Gasteiger partial charge is 0.378 e. The molecule has 2 heterocycles. The minimum atomic E-state index is -0.0421. The van der Waals surface area contributed by atoms with Crippen molar-refractivity contribution in [2.45, 2.75) is 6.92 Å². The molecule has 0 atom stereocenters. The molecule has 1 aliphatic rings. The highest BCUT2D eigenvalue weighted by Gasteiger charge is 2.23. The van der Waals surface area contributed by atoms with Gasteiger partial charge in [0.2, 0.25) is 5.82 Å². The Morgan fingerprint density at radius 2 is 1.69 bits per heavy atom. The second-order valence-electron chi connectivity index (χ2n) is 6.19.